The van der Waals surface area contributed by atoms with Crippen LogP contribution in [0.5, 0.6) is 0 Å². The summed E-state index contributed by atoms with van der Waals surface area (Å²) in [6.07, 6.45) is 3.39. The SMILES string of the molecule is N#C[C@]1(N)CC2CC1N1CCCc3ccccc3-c3c4c(c5c6ccccc6n2c5c31)CNC4=O. The summed E-state index contributed by atoms with van der Waals surface area (Å²) in [4.78, 5) is 15.9. The van der Waals surface area contributed by atoms with E-state index in [-0.39, 0.29) is 18.0 Å². The third kappa shape index (κ3) is 2.25. The maximum atomic E-state index is 13.5. The van der Waals surface area contributed by atoms with Crippen LogP contribution in [-0.4, -0.2) is 28.6 Å². The highest BCUT2D eigenvalue weighted by Crippen LogP contribution is 2.56. The van der Waals surface area contributed by atoms with Gasteiger partial charge in [0.25, 0.3) is 5.91 Å². The Morgan fingerprint density at radius 2 is 1.94 bits per heavy atom. The van der Waals surface area contributed by atoms with Crippen molar-refractivity contribution in [3.05, 3.63) is 65.2 Å². The predicted molar refractivity (Wildman–Crippen MR) is 136 cm³/mol. The quantitative estimate of drug-likeness (QED) is 0.408. The second kappa shape index (κ2) is 6.44. The van der Waals surface area contributed by atoms with Gasteiger partial charge in [0.05, 0.1) is 28.9 Å². The minimum absolute atomic E-state index is 0.00555. The second-order valence-electron chi connectivity index (χ2n) is 10.6. The molecule has 3 aromatic carbocycles. The number of hydrogen-bond donors (Lipinski definition) is 2. The van der Waals surface area contributed by atoms with E-state index in [2.05, 4.69) is 69.4 Å². The maximum Gasteiger partial charge on any atom is 0.252 e. The third-order valence-electron chi connectivity index (χ3n) is 8.91. The average molecular weight is 460 g/mol. The van der Waals surface area contributed by atoms with Crippen molar-refractivity contribution < 1.29 is 4.79 Å². The largest absolute Gasteiger partial charge is 0.363 e. The number of nitrogens with two attached hydrogens (primary N) is 1. The van der Waals surface area contributed by atoms with Crippen LogP contribution in [0.15, 0.2) is 48.5 Å². The standard InChI is InChI=1S/C29H25N5O/c30-15-29(31)13-17-12-22(29)33-11-5-7-16-6-1-2-8-18(16)24-25-20(14-32-28(25)35)23-19-9-3-4-10-21(19)34(17)27(23)26(24)33/h1-4,6,8-10,17,22H,5,7,11-14,31H2,(H,32,35)/t17?,22?,29-/m1/s1. The number of anilines is 1. The number of fused-ring (bicyclic) bond motifs is 12. The molecule has 3 aliphatic heterocycles. The zero-order valence-electron chi connectivity index (χ0n) is 19.3. The van der Waals surface area contributed by atoms with Crippen molar-refractivity contribution >= 4 is 33.4 Å². The Balaban J connectivity index is 1.65. The molecule has 35 heavy (non-hydrogen) atoms. The molecule has 4 aromatic rings. The number of nitriles is 1. The lowest BCUT2D eigenvalue weighted by Crippen LogP contribution is -2.55. The molecule has 4 heterocycles. The van der Waals surface area contributed by atoms with Crippen molar-refractivity contribution in [2.24, 2.45) is 5.73 Å². The van der Waals surface area contributed by atoms with Gasteiger partial charge in [0.1, 0.15) is 5.54 Å². The highest BCUT2D eigenvalue weighted by molar-refractivity contribution is 6.23. The fourth-order valence-corrected chi connectivity index (χ4v) is 7.56. The molecule has 1 aliphatic carbocycles. The molecule has 0 saturated heterocycles. The highest BCUT2D eigenvalue weighted by atomic mass is 16.1. The molecule has 2 bridgehead atoms. The number of nitrogens with one attached hydrogen (secondary N) is 1. The summed E-state index contributed by atoms with van der Waals surface area (Å²) < 4.78 is 2.47. The summed E-state index contributed by atoms with van der Waals surface area (Å²) in [6, 6.07) is 19.6. The summed E-state index contributed by atoms with van der Waals surface area (Å²) >= 11 is 0. The number of nitrogens with zero attached hydrogens (tertiary/aromatic N) is 3. The van der Waals surface area contributed by atoms with Gasteiger partial charge in [0.2, 0.25) is 0 Å². The van der Waals surface area contributed by atoms with Gasteiger partial charge in [-0.2, -0.15) is 5.26 Å². The normalized spacial score (nSPS) is 26.1. The number of hydrogen-bond acceptors (Lipinski definition) is 4. The van der Waals surface area contributed by atoms with Crippen molar-refractivity contribution in [1.29, 1.82) is 5.26 Å². The smallest absolute Gasteiger partial charge is 0.252 e. The van der Waals surface area contributed by atoms with E-state index in [9.17, 15) is 10.1 Å². The fourth-order valence-electron chi connectivity index (χ4n) is 7.56. The zero-order chi connectivity index (χ0) is 23.5. The van der Waals surface area contributed by atoms with Gasteiger partial charge < -0.3 is 20.5 Å². The minimum Gasteiger partial charge on any atom is -0.363 e. The molecule has 6 nitrogen and oxygen atoms in total. The highest BCUT2D eigenvalue weighted by Gasteiger charge is 2.53. The van der Waals surface area contributed by atoms with Gasteiger partial charge in [-0.25, -0.2) is 0 Å². The summed E-state index contributed by atoms with van der Waals surface area (Å²) in [6.45, 7) is 1.36. The van der Waals surface area contributed by atoms with Crippen molar-refractivity contribution in [2.75, 3.05) is 11.4 Å². The van der Waals surface area contributed by atoms with E-state index in [0.717, 1.165) is 53.7 Å². The average Bonchev–Trinajstić information content (AvgIpc) is 3.49. The molecule has 0 radical (unpaired) electrons. The molecule has 1 fully saturated rings. The number of rotatable bonds is 0. The van der Waals surface area contributed by atoms with Gasteiger partial charge in [-0.15, -0.1) is 0 Å². The van der Waals surface area contributed by atoms with Crippen molar-refractivity contribution in [1.82, 2.24) is 9.88 Å². The van der Waals surface area contributed by atoms with Gasteiger partial charge in [-0.1, -0.05) is 42.5 Å². The van der Waals surface area contributed by atoms with Crippen LogP contribution < -0.4 is 16.0 Å². The first-order chi connectivity index (χ1) is 17.1. The van der Waals surface area contributed by atoms with Crippen LogP contribution in [0.1, 0.15) is 46.8 Å². The van der Waals surface area contributed by atoms with Crippen LogP contribution in [0.3, 0.4) is 0 Å². The first-order valence-corrected chi connectivity index (χ1v) is 12.6. The molecule has 6 heteroatoms. The third-order valence-corrected chi connectivity index (χ3v) is 8.91. The number of amides is 1. The van der Waals surface area contributed by atoms with E-state index in [1.165, 1.54) is 27.4 Å². The van der Waals surface area contributed by atoms with E-state index in [1.54, 1.807) is 0 Å². The molecule has 8 rings (SSSR count). The topological polar surface area (TPSA) is 87.1 Å². The number of aromatic nitrogens is 1. The van der Waals surface area contributed by atoms with E-state index in [4.69, 9.17) is 5.73 Å². The van der Waals surface area contributed by atoms with Gasteiger partial charge in [-0.3, -0.25) is 4.79 Å². The Kier molecular flexibility index (Phi) is 3.58. The Labute approximate surface area is 202 Å². The Bertz CT molecular complexity index is 1660. The van der Waals surface area contributed by atoms with E-state index < -0.39 is 5.54 Å². The molecule has 1 aromatic heterocycles. The second-order valence-corrected chi connectivity index (χ2v) is 10.6. The van der Waals surface area contributed by atoms with Crippen molar-refractivity contribution in [3.8, 4) is 17.2 Å². The summed E-state index contributed by atoms with van der Waals surface area (Å²) in [7, 11) is 0. The molecule has 3 N–H and O–H groups in total. The Morgan fingerprint density at radius 1 is 1.11 bits per heavy atom. The fraction of sp³-hybridized carbons (Fsp3) is 0.310. The molecule has 3 atom stereocenters. The predicted octanol–water partition coefficient (Wildman–Crippen LogP) is 4.40. The van der Waals surface area contributed by atoms with E-state index in [1.807, 2.05) is 0 Å². The molecule has 1 amide bonds. The first-order valence-electron chi connectivity index (χ1n) is 12.6. The number of aryl methyl sites for hydroxylation is 1. The van der Waals surface area contributed by atoms with Crippen LogP contribution in [0, 0.1) is 11.3 Å². The van der Waals surface area contributed by atoms with E-state index >= 15 is 0 Å². The maximum absolute atomic E-state index is 13.5. The molecule has 1 saturated carbocycles. The summed E-state index contributed by atoms with van der Waals surface area (Å²) in [5.74, 6) is -0.00555. The van der Waals surface area contributed by atoms with Crippen LogP contribution in [0.2, 0.25) is 0 Å². The molecule has 4 aliphatic rings. The summed E-state index contributed by atoms with van der Waals surface area (Å²) in [5, 5.41) is 15.8. The van der Waals surface area contributed by atoms with Gasteiger partial charge in [0, 0.05) is 47.4 Å². The lowest BCUT2D eigenvalue weighted by atomic mass is 9.84. The molecular weight excluding hydrogens is 434 g/mol. The number of carbonyl (C=O) groups excluding carboxylic acids is 1. The minimum atomic E-state index is -0.933. The zero-order valence-corrected chi connectivity index (χ0v) is 19.3. The molecular formula is C29H25N5O. The van der Waals surface area contributed by atoms with Crippen molar-refractivity contribution in [3.63, 3.8) is 0 Å². The Hall–Kier alpha value is -3.82. The van der Waals surface area contributed by atoms with Crippen LogP contribution in [0.4, 0.5) is 5.69 Å². The van der Waals surface area contributed by atoms with Crippen LogP contribution in [-0.2, 0) is 13.0 Å². The lowest BCUT2D eigenvalue weighted by Gasteiger charge is -2.40. The molecule has 2 unspecified atom stereocenters. The van der Waals surface area contributed by atoms with Crippen molar-refractivity contribution in [2.45, 2.75) is 49.9 Å². The van der Waals surface area contributed by atoms with Gasteiger partial charge in [0.15, 0.2) is 0 Å². The van der Waals surface area contributed by atoms with E-state index in [0.29, 0.717) is 13.0 Å². The first kappa shape index (κ1) is 19.5. The van der Waals surface area contributed by atoms with Gasteiger partial charge >= 0.3 is 0 Å². The molecule has 0 spiro atoms. The van der Waals surface area contributed by atoms with Crippen LogP contribution >= 0.6 is 0 Å². The van der Waals surface area contributed by atoms with Gasteiger partial charge in [-0.05, 0) is 42.0 Å². The monoisotopic (exact) mass is 459 g/mol. The van der Waals surface area contributed by atoms with Crippen LogP contribution in [0.25, 0.3) is 32.9 Å². The molecule has 172 valence electrons. The lowest BCUT2D eigenvalue weighted by molar-refractivity contribution is 0.0966. The number of carbonyl (C=O) groups is 1. The summed E-state index contributed by atoms with van der Waals surface area (Å²) in [5.41, 5.74) is 14.8. The Morgan fingerprint density at radius 3 is 2.83 bits per heavy atom. The number of para-hydroxylation sites is 1. The number of benzene rings is 3.